The highest BCUT2D eigenvalue weighted by molar-refractivity contribution is 5.15. The number of methoxy groups -OCH3 is 1. The van der Waals surface area contributed by atoms with E-state index < -0.39 is 0 Å². The number of likely N-dealkylation sites (tertiary alicyclic amines) is 1. The summed E-state index contributed by atoms with van der Waals surface area (Å²) in [7, 11) is 3.83. The maximum atomic E-state index is 5.12. The molecular formula is C13H21N3O. The molecule has 2 rings (SSSR count). The lowest BCUT2D eigenvalue weighted by molar-refractivity contribution is 0.233. The maximum absolute atomic E-state index is 5.12. The number of hydrogen-bond acceptors (Lipinski definition) is 4. The van der Waals surface area contributed by atoms with Gasteiger partial charge in [0.1, 0.15) is 0 Å². The minimum Gasteiger partial charge on any atom is -0.481 e. The van der Waals surface area contributed by atoms with Crippen molar-refractivity contribution in [3.8, 4) is 5.88 Å². The van der Waals surface area contributed by atoms with Crippen molar-refractivity contribution < 1.29 is 4.74 Å². The van der Waals surface area contributed by atoms with E-state index in [0.29, 0.717) is 11.9 Å². The molecule has 0 aliphatic carbocycles. The summed E-state index contributed by atoms with van der Waals surface area (Å²) in [5, 5.41) is 3.57. The Labute approximate surface area is 103 Å². The van der Waals surface area contributed by atoms with Crippen LogP contribution in [-0.4, -0.2) is 43.2 Å². The van der Waals surface area contributed by atoms with Crippen molar-refractivity contribution in [1.82, 2.24) is 15.2 Å². The van der Waals surface area contributed by atoms with Crippen LogP contribution in [0.25, 0.3) is 0 Å². The van der Waals surface area contributed by atoms with Crippen molar-refractivity contribution in [3.05, 3.63) is 23.9 Å². The number of nitrogens with one attached hydrogen (secondary N) is 1. The fourth-order valence-corrected chi connectivity index (χ4v) is 2.13. The summed E-state index contributed by atoms with van der Waals surface area (Å²) in [6, 6.07) is 6.51. The lowest BCUT2D eigenvalue weighted by atomic mass is 10.1. The Kier molecular flexibility index (Phi) is 4.34. The smallest absolute Gasteiger partial charge is 0.213 e. The first-order valence-corrected chi connectivity index (χ1v) is 6.20. The van der Waals surface area contributed by atoms with E-state index in [1.165, 1.54) is 25.9 Å². The van der Waals surface area contributed by atoms with E-state index in [-0.39, 0.29) is 0 Å². The second-order valence-corrected chi connectivity index (χ2v) is 4.63. The highest BCUT2D eigenvalue weighted by Gasteiger charge is 2.15. The number of hydrogen-bond donors (Lipinski definition) is 1. The molecule has 1 saturated heterocycles. The fourth-order valence-electron chi connectivity index (χ4n) is 2.13. The molecule has 17 heavy (non-hydrogen) atoms. The van der Waals surface area contributed by atoms with Crippen molar-refractivity contribution in [2.75, 3.05) is 27.2 Å². The Morgan fingerprint density at radius 1 is 1.41 bits per heavy atom. The zero-order valence-corrected chi connectivity index (χ0v) is 10.6. The molecule has 2 heterocycles. The third kappa shape index (κ3) is 3.68. The van der Waals surface area contributed by atoms with Crippen molar-refractivity contribution in [2.45, 2.75) is 25.4 Å². The van der Waals surface area contributed by atoms with Crippen molar-refractivity contribution in [1.29, 1.82) is 0 Å². The molecule has 0 spiro atoms. The van der Waals surface area contributed by atoms with Gasteiger partial charge in [0.05, 0.1) is 12.8 Å². The normalized spacial score (nSPS) is 18.2. The highest BCUT2D eigenvalue weighted by Crippen LogP contribution is 2.10. The van der Waals surface area contributed by atoms with Crippen LogP contribution in [0.4, 0.5) is 0 Å². The van der Waals surface area contributed by atoms with Gasteiger partial charge in [-0.15, -0.1) is 0 Å². The van der Waals surface area contributed by atoms with Crippen molar-refractivity contribution >= 4 is 0 Å². The summed E-state index contributed by atoms with van der Waals surface area (Å²) in [4.78, 5) is 6.77. The second kappa shape index (κ2) is 5.98. The highest BCUT2D eigenvalue weighted by atomic mass is 16.5. The van der Waals surface area contributed by atoms with E-state index in [9.17, 15) is 0 Å². The Bertz CT molecular complexity index is 348. The molecule has 94 valence electrons. The summed E-state index contributed by atoms with van der Waals surface area (Å²) < 4.78 is 5.12. The Morgan fingerprint density at radius 3 is 2.88 bits per heavy atom. The van der Waals surface area contributed by atoms with Gasteiger partial charge in [-0.1, -0.05) is 6.07 Å². The van der Waals surface area contributed by atoms with E-state index in [0.717, 1.165) is 12.2 Å². The third-order valence-corrected chi connectivity index (χ3v) is 3.28. The molecule has 0 bridgehead atoms. The van der Waals surface area contributed by atoms with E-state index in [4.69, 9.17) is 4.74 Å². The largest absolute Gasteiger partial charge is 0.481 e. The number of nitrogens with zero attached hydrogens (tertiary/aromatic N) is 2. The van der Waals surface area contributed by atoms with Crippen molar-refractivity contribution in [3.63, 3.8) is 0 Å². The second-order valence-electron chi connectivity index (χ2n) is 4.63. The number of rotatable bonds is 4. The Hall–Kier alpha value is -1.13. The van der Waals surface area contributed by atoms with Crippen LogP contribution in [0.1, 0.15) is 18.5 Å². The molecule has 1 aliphatic heterocycles. The minimum atomic E-state index is 0.624. The van der Waals surface area contributed by atoms with E-state index in [1.807, 2.05) is 18.2 Å². The van der Waals surface area contributed by atoms with Gasteiger partial charge in [-0.2, -0.15) is 0 Å². The first-order chi connectivity index (χ1) is 8.28. The lowest BCUT2D eigenvalue weighted by Crippen LogP contribution is -2.40. The number of piperidine rings is 1. The molecular weight excluding hydrogens is 214 g/mol. The summed E-state index contributed by atoms with van der Waals surface area (Å²) in [5.41, 5.74) is 1.04. The van der Waals surface area contributed by atoms with Gasteiger partial charge in [0.15, 0.2) is 0 Å². The first kappa shape index (κ1) is 12.3. The van der Waals surface area contributed by atoms with Gasteiger partial charge in [-0.25, -0.2) is 4.98 Å². The zero-order chi connectivity index (χ0) is 12.1. The fraction of sp³-hybridized carbons (Fsp3) is 0.615. The predicted octanol–water partition coefficient (Wildman–Crippen LogP) is 1.27. The van der Waals surface area contributed by atoms with Gasteiger partial charge >= 0.3 is 0 Å². The van der Waals surface area contributed by atoms with Crippen LogP contribution in [-0.2, 0) is 6.54 Å². The molecule has 1 N–H and O–H groups in total. The quantitative estimate of drug-likeness (QED) is 0.853. The summed E-state index contributed by atoms with van der Waals surface area (Å²) in [5.74, 6) is 0.688. The van der Waals surface area contributed by atoms with Gasteiger partial charge in [-0.3, -0.25) is 0 Å². The molecule has 0 radical (unpaired) electrons. The molecule has 0 unspecified atom stereocenters. The lowest BCUT2D eigenvalue weighted by Gasteiger charge is -2.29. The summed E-state index contributed by atoms with van der Waals surface area (Å²) >= 11 is 0. The monoisotopic (exact) mass is 235 g/mol. The molecule has 1 fully saturated rings. The average Bonchev–Trinajstić information content (AvgIpc) is 2.38. The molecule has 1 aromatic rings. The predicted molar refractivity (Wildman–Crippen MR) is 68.1 cm³/mol. The zero-order valence-electron chi connectivity index (χ0n) is 10.6. The molecule has 4 heteroatoms. The van der Waals surface area contributed by atoms with Gasteiger partial charge in [0, 0.05) is 18.7 Å². The van der Waals surface area contributed by atoms with Gasteiger partial charge in [0.2, 0.25) is 5.88 Å². The van der Waals surface area contributed by atoms with E-state index >= 15 is 0 Å². The van der Waals surface area contributed by atoms with Crippen LogP contribution < -0.4 is 10.1 Å². The standard InChI is InChI=1S/C13H21N3O/c1-16-8-6-11(7-9-16)14-10-12-4-3-5-13(15-12)17-2/h3-5,11,14H,6-10H2,1-2H3. The number of aromatic nitrogens is 1. The number of pyridine rings is 1. The topological polar surface area (TPSA) is 37.4 Å². The first-order valence-electron chi connectivity index (χ1n) is 6.20. The molecule has 0 saturated carbocycles. The van der Waals surface area contributed by atoms with Crippen LogP contribution in [0.15, 0.2) is 18.2 Å². The Balaban J connectivity index is 1.81. The Morgan fingerprint density at radius 2 is 2.18 bits per heavy atom. The molecule has 1 aromatic heterocycles. The molecule has 0 amide bonds. The van der Waals surface area contributed by atoms with Crippen LogP contribution in [0, 0.1) is 0 Å². The van der Waals surface area contributed by atoms with Crippen LogP contribution in [0.2, 0.25) is 0 Å². The van der Waals surface area contributed by atoms with Gasteiger partial charge in [-0.05, 0) is 39.0 Å². The van der Waals surface area contributed by atoms with Gasteiger partial charge < -0.3 is 15.0 Å². The minimum absolute atomic E-state index is 0.624. The van der Waals surface area contributed by atoms with Crippen LogP contribution in [0.3, 0.4) is 0 Å². The molecule has 1 aliphatic rings. The summed E-state index contributed by atoms with van der Waals surface area (Å²) in [6.07, 6.45) is 2.45. The van der Waals surface area contributed by atoms with Crippen molar-refractivity contribution in [2.24, 2.45) is 0 Å². The molecule has 4 nitrogen and oxygen atoms in total. The average molecular weight is 235 g/mol. The maximum Gasteiger partial charge on any atom is 0.213 e. The van der Waals surface area contributed by atoms with E-state index in [1.54, 1.807) is 7.11 Å². The van der Waals surface area contributed by atoms with Crippen LogP contribution >= 0.6 is 0 Å². The van der Waals surface area contributed by atoms with Gasteiger partial charge in [0.25, 0.3) is 0 Å². The third-order valence-electron chi connectivity index (χ3n) is 3.28. The molecule has 0 atom stereocenters. The SMILES string of the molecule is COc1cccc(CNC2CCN(C)CC2)n1. The molecule has 0 aromatic carbocycles. The number of ether oxygens (including phenoxy) is 1. The summed E-state index contributed by atoms with van der Waals surface area (Å²) in [6.45, 7) is 3.19. The van der Waals surface area contributed by atoms with Crippen LogP contribution in [0.5, 0.6) is 5.88 Å². The van der Waals surface area contributed by atoms with E-state index in [2.05, 4.69) is 22.2 Å².